The topological polar surface area (TPSA) is 21.3 Å². The van der Waals surface area contributed by atoms with Crippen LogP contribution in [0.15, 0.2) is 46.9 Å². The Morgan fingerprint density at radius 2 is 2.00 bits per heavy atom. The molecule has 0 spiro atoms. The lowest BCUT2D eigenvalue weighted by atomic mass is 10.1. The van der Waals surface area contributed by atoms with Crippen molar-refractivity contribution in [3.8, 4) is 5.75 Å². The summed E-state index contributed by atoms with van der Waals surface area (Å²) in [5, 5.41) is 3.35. The molecular formula is C16H15BrFNO. The average molecular weight is 336 g/mol. The number of fused-ring (bicyclic) bond motifs is 1. The quantitative estimate of drug-likeness (QED) is 0.920. The fraction of sp³-hybridized carbons (Fsp3) is 0.250. The Balaban J connectivity index is 1.50. The lowest BCUT2D eigenvalue weighted by molar-refractivity contribution is 0.227. The summed E-state index contributed by atoms with van der Waals surface area (Å²) in [6.07, 6.45) is 1.09. The van der Waals surface area contributed by atoms with Gasteiger partial charge in [-0.05, 0) is 41.5 Å². The van der Waals surface area contributed by atoms with Crippen molar-refractivity contribution in [2.75, 3.05) is 6.54 Å². The molecule has 0 amide bonds. The summed E-state index contributed by atoms with van der Waals surface area (Å²) in [7, 11) is 0. The van der Waals surface area contributed by atoms with E-state index in [1.54, 1.807) is 12.1 Å². The minimum absolute atomic E-state index is 0.166. The molecule has 2 aromatic rings. The van der Waals surface area contributed by atoms with Crippen LogP contribution in [0.2, 0.25) is 0 Å². The van der Waals surface area contributed by atoms with Gasteiger partial charge in [0.25, 0.3) is 0 Å². The number of benzene rings is 2. The fourth-order valence-corrected chi connectivity index (χ4v) is 2.79. The Kier molecular flexibility index (Phi) is 4.03. The van der Waals surface area contributed by atoms with Crippen LogP contribution in [0, 0.1) is 5.82 Å². The van der Waals surface area contributed by atoms with E-state index in [9.17, 15) is 4.39 Å². The zero-order valence-corrected chi connectivity index (χ0v) is 12.5. The van der Waals surface area contributed by atoms with Crippen LogP contribution in [0.5, 0.6) is 5.75 Å². The van der Waals surface area contributed by atoms with E-state index in [0.717, 1.165) is 35.3 Å². The van der Waals surface area contributed by atoms with E-state index < -0.39 is 0 Å². The number of ether oxygens (including phenoxy) is 1. The third-order valence-electron chi connectivity index (χ3n) is 3.38. The number of nitrogens with one attached hydrogen (secondary N) is 1. The van der Waals surface area contributed by atoms with Crippen LogP contribution in [-0.4, -0.2) is 12.6 Å². The first-order valence-corrected chi connectivity index (χ1v) is 7.40. The Labute approximate surface area is 126 Å². The number of rotatable bonds is 4. The molecule has 1 aliphatic rings. The first kappa shape index (κ1) is 13.6. The summed E-state index contributed by atoms with van der Waals surface area (Å²) >= 11 is 3.47. The zero-order valence-electron chi connectivity index (χ0n) is 10.9. The van der Waals surface area contributed by atoms with Gasteiger partial charge in [-0.25, -0.2) is 4.39 Å². The molecule has 0 aliphatic carbocycles. The molecule has 1 heterocycles. The monoisotopic (exact) mass is 335 g/mol. The lowest BCUT2D eigenvalue weighted by Gasteiger charge is -2.11. The minimum atomic E-state index is -0.200. The van der Waals surface area contributed by atoms with Gasteiger partial charge in [-0.2, -0.15) is 0 Å². The largest absolute Gasteiger partial charge is 0.488 e. The van der Waals surface area contributed by atoms with Gasteiger partial charge in [0.2, 0.25) is 0 Å². The number of hydrogen-bond donors (Lipinski definition) is 1. The van der Waals surface area contributed by atoms with E-state index >= 15 is 0 Å². The van der Waals surface area contributed by atoms with Crippen LogP contribution >= 0.6 is 15.9 Å². The second-order valence-electron chi connectivity index (χ2n) is 4.95. The molecule has 2 aromatic carbocycles. The van der Waals surface area contributed by atoms with Crippen LogP contribution < -0.4 is 10.1 Å². The Morgan fingerprint density at radius 1 is 1.20 bits per heavy atom. The summed E-state index contributed by atoms with van der Waals surface area (Å²) in [6.45, 7) is 1.50. The van der Waals surface area contributed by atoms with Gasteiger partial charge in [-0.15, -0.1) is 0 Å². The molecule has 1 N–H and O–H groups in total. The summed E-state index contributed by atoms with van der Waals surface area (Å²) in [5.74, 6) is 0.774. The molecule has 3 rings (SSSR count). The third-order valence-corrected chi connectivity index (χ3v) is 3.87. The van der Waals surface area contributed by atoms with Crippen LogP contribution in [-0.2, 0) is 13.0 Å². The third kappa shape index (κ3) is 3.19. The predicted molar refractivity (Wildman–Crippen MR) is 80.4 cm³/mol. The van der Waals surface area contributed by atoms with E-state index in [4.69, 9.17) is 4.74 Å². The van der Waals surface area contributed by atoms with Crippen LogP contribution in [0.25, 0.3) is 0 Å². The summed E-state index contributed by atoms with van der Waals surface area (Å²) in [6, 6.07) is 12.7. The number of halogens is 2. The summed E-state index contributed by atoms with van der Waals surface area (Å²) < 4.78 is 19.8. The lowest BCUT2D eigenvalue weighted by Crippen LogP contribution is -2.29. The van der Waals surface area contributed by atoms with E-state index in [2.05, 4.69) is 27.3 Å². The van der Waals surface area contributed by atoms with E-state index in [0.29, 0.717) is 0 Å². The van der Waals surface area contributed by atoms with Crippen molar-refractivity contribution in [2.24, 2.45) is 0 Å². The SMILES string of the molecule is Fc1ccc(CNCC2Cc3cc(Br)ccc3O2)cc1. The Morgan fingerprint density at radius 3 is 2.80 bits per heavy atom. The molecule has 2 nitrogen and oxygen atoms in total. The maximum absolute atomic E-state index is 12.8. The second kappa shape index (κ2) is 5.94. The average Bonchev–Trinajstić information content (AvgIpc) is 2.83. The highest BCUT2D eigenvalue weighted by molar-refractivity contribution is 9.10. The second-order valence-corrected chi connectivity index (χ2v) is 5.87. The standard InChI is InChI=1S/C16H15BrFNO/c17-13-3-6-16-12(7-13)8-15(20-16)10-19-9-11-1-4-14(18)5-2-11/h1-7,15,19H,8-10H2. The maximum atomic E-state index is 12.8. The molecule has 1 unspecified atom stereocenters. The Bertz CT molecular complexity index is 600. The van der Waals surface area contributed by atoms with Crippen molar-refractivity contribution < 1.29 is 9.13 Å². The fourth-order valence-electron chi connectivity index (χ4n) is 2.38. The van der Waals surface area contributed by atoms with Crippen molar-refractivity contribution in [3.63, 3.8) is 0 Å². The van der Waals surface area contributed by atoms with Gasteiger partial charge in [0.05, 0.1) is 0 Å². The van der Waals surface area contributed by atoms with Crippen LogP contribution in [0.4, 0.5) is 4.39 Å². The molecular weight excluding hydrogens is 321 g/mol. The molecule has 0 bridgehead atoms. The van der Waals surface area contributed by atoms with Crippen molar-refractivity contribution in [3.05, 3.63) is 63.9 Å². The summed E-state index contributed by atoms with van der Waals surface area (Å²) in [5.41, 5.74) is 2.32. The van der Waals surface area contributed by atoms with Crippen molar-refractivity contribution >= 4 is 15.9 Å². The van der Waals surface area contributed by atoms with Gasteiger partial charge in [0, 0.05) is 24.0 Å². The predicted octanol–water partition coefficient (Wildman–Crippen LogP) is 3.68. The van der Waals surface area contributed by atoms with Crippen molar-refractivity contribution in [2.45, 2.75) is 19.1 Å². The molecule has 4 heteroatoms. The van der Waals surface area contributed by atoms with Gasteiger partial charge in [-0.1, -0.05) is 28.1 Å². The molecule has 1 aliphatic heterocycles. The first-order chi connectivity index (χ1) is 9.70. The molecule has 20 heavy (non-hydrogen) atoms. The van der Waals surface area contributed by atoms with Gasteiger partial charge < -0.3 is 10.1 Å². The van der Waals surface area contributed by atoms with Crippen LogP contribution in [0.3, 0.4) is 0 Å². The van der Waals surface area contributed by atoms with E-state index in [1.165, 1.54) is 17.7 Å². The normalized spacial score (nSPS) is 16.8. The van der Waals surface area contributed by atoms with Gasteiger partial charge in [0.1, 0.15) is 17.7 Å². The molecule has 0 fully saturated rings. The van der Waals surface area contributed by atoms with E-state index in [1.807, 2.05) is 12.1 Å². The molecule has 0 aromatic heterocycles. The minimum Gasteiger partial charge on any atom is -0.488 e. The Hall–Kier alpha value is -1.39. The van der Waals surface area contributed by atoms with Crippen molar-refractivity contribution in [1.29, 1.82) is 0 Å². The first-order valence-electron chi connectivity index (χ1n) is 6.61. The van der Waals surface area contributed by atoms with Gasteiger partial charge in [0.15, 0.2) is 0 Å². The van der Waals surface area contributed by atoms with Crippen molar-refractivity contribution in [1.82, 2.24) is 5.32 Å². The smallest absolute Gasteiger partial charge is 0.123 e. The molecule has 0 saturated heterocycles. The zero-order chi connectivity index (χ0) is 13.9. The highest BCUT2D eigenvalue weighted by Gasteiger charge is 2.22. The maximum Gasteiger partial charge on any atom is 0.123 e. The van der Waals surface area contributed by atoms with Crippen LogP contribution in [0.1, 0.15) is 11.1 Å². The van der Waals surface area contributed by atoms with Gasteiger partial charge in [-0.3, -0.25) is 0 Å². The van der Waals surface area contributed by atoms with Gasteiger partial charge >= 0.3 is 0 Å². The number of hydrogen-bond acceptors (Lipinski definition) is 2. The highest BCUT2D eigenvalue weighted by Crippen LogP contribution is 2.30. The highest BCUT2D eigenvalue weighted by atomic mass is 79.9. The molecule has 104 valence electrons. The molecule has 0 saturated carbocycles. The molecule has 0 radical (unpaired) electrons. The molecule has 1 atom stereocenters. The summed E-state index contributed by atoms with van der Waals surface area (Å²) in [4.78, 5) is 0. The van der Waals surface area contributed by atoms with E-state index in [-0.39, 0.29) is 11.9 Å².